The molecule has 0 bridgehead atoms. The SMILES string of the molecule is CN=C(NCC(C)(C)N1CCOCC1)NC1CCN(c2ccc(Br)cc2)C1. The molecule has 6 nitrogen and oxygen atoms in total. The molecular formula is C20H32BrN5O. The van der Waals surface area contributed by atoms with E-state index in [-0.39, 0.29) is 5.54 Å². The minimum atomic E-state index is 0.0700. The lowest BCUT2D eigenvalue weighted by Gasteiger charge is -2.41. The average molecular weight is 438 g/mol. The van der Waals surface area contributed by atoms with Crippen LogP contribution in [0.2, 0.25) is 0 Å². The number of hydrogen-bond acceptors (Lipinski definition) is 4. The second-order valence-electron chi connectivity index (χ2n) is 7.89. The van der Waals surface area contributed by atoms with Crippen LogP contribution in [0.3, 0.4) is 0 Å². The number of anilines is 1. The summed E-state index contributed by atoms with van der Waals surface area (Å²) < 4.78 is 6.60. The summed E-state index contributed by atoms with van der Waals surface area (Å²) in [5, 5.41) is 7.12. The first kappa shape index (κ1) is 20.4. The molecule has 2 N–H and O–H groups in total. The van der Waals surface area contributed by atoms with Gasteiger partial charge in [-0.15, -0.1) is 0 Å². The van der Waals surface area contributed by atoms with Gasteiger partial charge in [-0.3, -0.25) is 9.89 Å². The fraction of sp³-hybridized carbons (Fsp3) is 0.650. The summed E-state index contributed by atoms with van der Waals surface area (Å²) in [6.45, 7) is 11.1. The van der Waals surface area contributed by atoms with Crippen molar-refractivity contribution in [2.75, 3.05) is 57.9 Å². The van der Waals surface area contributed by atoms with Gasteiger partial charge in [-0.25, -0.2) is 0 Å². The van der Waals surface area contributed by atoms with Gasteiger partial charge in [0, 0.05) is 61.5 Å². The summed E-state index contributed by atoms with van der Waals surface area (Å²) in [6.07, 6.45) is 1.11. The van der Waals surface area contributed by atoms with Crippen LogP contribution in [0.15, 0.2) is 33.7 Å². The zero-order valence-corrected chi connectivity index (χ0v) is 18.3. The topological polar surface area (TPSA) is 52.1 Å². The fourth-order valence-corrected chi connectivity index (χ4v) is 4.00. The molecule has 1 aromatic rings. The van der Waals surface area contributed by atoms with Gasteiger partial charge in [-0.2, -0.15) is 0 Å². The normalized spacial score (nSPS) is 22.1. The van der Waals surface area contributed by atoms with E-state index in [1.807, 2.05) is 7.05 Å². The molecule has 3 rings (SSSR count). The van der Waals surface area contributed by atoms with Crippen molar-refractivity contribution in [3.05, 3.63) is 28.7 Å². The molecule has 0 amide bonds. The second-order valence-corrected chi connectivity index (χ2v) is 8.81. The molecule has 2 saturated heterocycles. The molecule has 2 aliphatic heterocycles. The van der Waals surface area contributed by atoms with Crippen molar-refractivity contribution in [1.29, 1.82) is 0 Å². The maximum absolute atomic E-state index is 5.48. The van der Waals surface area contributed by atoms with Crippen molar-refractivity contribution in [2.45, 2.75) is 31.8 Å². The molecule has 7 heteroatoms. The molecule has 1 aromatic carbocycles. The zero-order chi connectivity index (χ0) is 19.3. The van der Waals surface area contributed by atoms with E-state index >= 15 is 0 Å². The summed E-state index contributed by atoms with van der Waals surface area (Å²) in [5.41, 5.74) is 1.35. The van der Waals surface area contributed by atoms with Crippen molar-refractivity contribution >= 4 is 27.6 Å². The van der Waals surface area contributed by atoms with Crippen molar-refractivity contribution in [3.8, 4) is 0 Å². The highest BCUT2D eigenvalue weighted by atomic mass is 79.9. The lowest BCUT2D eigenvalue weighted by Crippen LogP contribution is -2.57. The summed E-state index contributed by atoms with van der Waals surface area (Å²) in [6, 6.07) is 8.95. The Morgan fingerprint density at radius 3 is 2.59 bits per heavy atom. The van der Waals surface area contributed by atoms with Crippen LogP contribution < -0.4 is 15.5 Å². The van der Waals surface area contributed by atoms with E-state index in [0.29, 0.717) is 6.04 Å². The molecule has 0 spiro atoms. The van der Waals surface area contributed by atoms with E-state index in [1.165, 1.54) is 5.69 Å². The maximum Gasteiger partial charge on any atom is 0.191 e. The first-order valence-corrected chi connectivity index (χ1v) is 10.6. The van der Waals surface area contributed by atoms with Crippen molar-refractivity contribution in [2.24, 2.45) is 4.99 Å². The second kappa shape index (κ2) is 9.26. The van der Waals surface area contributed by atoms with E-state index in [9.17, 15) is 0 Å². The highest BCUT2D eigenvalue weighted by molar-refractivity contribution is 9.10. The van der Waals surface area contributed by atoms with Gasteiger partial charge in [0.2, 0.25) is 0 Å². The largest absolute Gasteiger partial charge is 0.379 e. The minimum absolute atomic E-state index is 0.0700. The third kappa shape index (κ3) is 5.59. The number of nitrogens with zero attached hydrogens (tertiary/aromatic N) is 3. The molecule has 0 aliphatic carbocycles. The average Bonchev–Trinajstić information content (AvgIpc) is 3.15. The van der Waals surface area contributed by atoms with Crippen LogP contribution in [0.25, 0.3) is 0 Å². The van der Waals surface area contributed by atoms with Gasteiger partial charge in [0.1, 0.15) is 0 Å². The van der Waals surface area contributed by atoms with Gasteiger partial charge >= 0.3 is 0 Å². The monoisotopic (exact) mass is 437 g/mol. The highest BCUT2D eigenvalue weighted by Crippen LogP contribution is 2.22. The summed E-state index contributed by atoms with van der Waals surface area (Å²) in [4.78, 5) is 9.35. The molecule has 0 saturated carbocycles. The molecule has 2 heterocycles. The smallest absolute Gasteiger partial charge is 0.191 e. The fourth-order valence-electron chi connectivity index (χ4n) is 3.73. The van der Waals surface area contributed by atoms with Gasteiger partial charge in [-0.1, -0.05) is 15.9 Å². The molecular weight excluding hydrogens is 406 g/mol. The molecule has 1 unspecified atom stereocenters. The number of aliphatic imine (C=N–C) groups is 1. The Hall–Kier alpha value is -1.31. The molecule has 2 fully saturated rings. The Morgan fingerprint density at radius 2 is 1.93 bits per heavy atom. The summed E-state index contributed by atoms with van der Waals surface area (Å²) in [7, 11) is 1.85. The lowest BCUT2D eigenvalue weighted by molar-refractivity contribution is -0.00834. The van der Waals surface area contributed by atoms with Crippen molar-refractivity contribution in [1.82, 2.24) is 15.5 Å². The van der Waals surface area contributed by atoms with E-state index in [4.69, 9.17) is 4.74 Å². The molecule has 27 heavy (non-hydrogen) atoms. The van der Waals surface area contributed by atoms with Crippen LogP contribution in [-0.2, 0) is 4.74 Å². The minimum Gasteiger partial charge on any atom is -0.379 e. The zero-order valence-electron chi connectivity index (χ0n) is 16.7. The highest BCUT2D eigenvalue weighted by Gasteiger charge is 2.29. The number of ether oxygens (including phenoxy) is 1. The van der Waals surface area contributed by atoms with E-state index in [2.05, 4.69) is 79.5 Å². The van der Waals surface area contributed by atoms with E-state index in [0.717, 1.165) is 62.8 Å². The number of rotatable bonds is 5. The van der Waals surface area contributed by atoms with E-state index in [1.54, 1.807) is 0 Å². The Morgan fingerprint density at radius 1 is 1.22 bits per heavy atom. The van der Waals surface area contributed by atoms with E-state index < -0.39 is 0 Å². The van der Waals surface area contributed by atoms with Crippen LogP contribution in [0.5, 0.6) is 0 Å². The molecule has 2 aliphatic rings. The van der Waals surface area contributed by atoms with Gasteiger partial charge < -0.3 is 20.3 Å². The van der Waals surface area contributed by atoms with Gasteiger partial charge in [-0.05, 0) is 44.5 Å². The van der Waals surface area contributed by atoms with Crippen LogP contribution in [-0.4, -0.2) is 75.4 Å². The quantitative estimate of drug-likeness (QED) is 0.546. The molecule has 0 aromatic heterocycles. The Balaban J connectivity index is 1.48. The number of morpholine rings is 1. The number of halogens is 1. The van der Waals surface area contributed by atoms with Crippen LogP contribution in [0.4, 0.5) is 5.69 Å². The van der Waals surface area contributed by atoms with Crippen LogP contribution in [0, 0.1) is 0 Å². The number of benzene rings is 1. The Labute approximate surface area is 171 Å². The van der Waals surface area contributed by atoms with Crippen LogP contribution in [0.1, 0.15) is 20.3 Å². The number of guanidine groups is 1. The number of nitrogens with one attached hydrogen (secondary N) is 2. The van der Waals surface area contributed by atoms with Gasteiger partial charge in [0.15, 0.2) is 5.96 Å². The Bertz CT molecular complexity index is 628. The summed E-state index contributed by atoms with van der Waals surface area (Å²) >= 11 is 3.50. The van der Waals surface area contributed by atoms with Crippen LogP contribution >= 0.6 is 15.9 Å². The molecule has 1 atom stereocenters. The predicted octanol–water partition coefficient (Wildman–Crippen LogP) is 2.30. The maximum atomic E-state index is 5.48. The first-order valence-electron chi connectivity index (χ1n) is 9.78. The Kier molecular flexibility index (Phi) is 7.00. The predicted molar refractivity (Wildman–Crippen MR) is 116 cm³/mol. The van der Waals surface area contributed by atoms with Gasteiger partial charge in [0.05, 0.1) is 13.2 Å². The molecule has 150 valence electrons. The third-order valence-corrected chi connectivity index (χ3v) is 6.03. The van der Waals surface area contributed by atoms with Gasteiger partial charge in [0.25, 0.3) is 0 Å². The standard InChI is InChI=1S/C20H32BrN5O/c1-20(2,26-10-12-27-13-11-26)15-23-19(22-3)24-17-8-9-25(14-17)18-6-4-16(21)5-7-18/h4-7,17H,8-15H2,1-3H3,(H2,22,23,24). The third-order valence-electron chi connectivity index (χ3n) is 5.50. The molecule has 0 radical (unpaired) electrons. The van der Waals surface area contributed by atoms with Crippen molar-refractivity contribution in [3.63, 3.8) is 0 Å². The first-order chi connectivity index (χ1) is 13.0. The number of hydrogen-bond donors (Lipinski definition) is 2. The lowest BCUT2D eigenvalue weighted by atomic mass is 10.0. The summed E-state index contributed by atoms with van der Waals surface area (Å²) in [5.74, 6) is 0.888. The van der Waals surface area contributed by atoms with Crippen molar-refractivity contribution < 1.29 is 4.74 Å².